The highest BCUT2D eigenvalue weighted by atomic mass is 35.5. The number of benzene rings is 1. The van der Waals surface area contributed by atoms with Crippen LogP contribution in [0.2, 0.25) is 5.02 Å². The van der Waals surface area contributed by atoms with Crippen LogP contribution in [0, 0.1) is 17.7 Å². The van der Waals surface area contributed by atoms with Gasteiger partial charge in [-0.15, -0.1) is 0 Å². The Bertz CT molecular complexity index is 821. The van der Waals surface area contributed by atoms with Crippen LogP contribution in [-0.2, 0) is 9.53 Å². The summed E-state index contributed by atoms with van der Waals surface area (Å²) in [5.41, 5.74) is 5.57. The molecule has 1 aromatic carbocycles. The molecule has 34 heavy (non-hydrogen) atoms. The van der Waals surface area contributed by atoms with Crippen LogP contribution in [0.1, 0.15) is 63.0 Å². The Kier molecular flexibility index (Phi) is 10.4. The SMILES string of the molecule is CNC[C@H](CC1CCCCC1)NC(=O)N1CCC[C@@H]([C@H](OCC(N)=O)c2cccc(Cl)c2F)C1. The summed E-state index contributed by atoms with van der Waals surface area (Å²) in [6.07, 6.45) is 8.05. The molecule has 9 heteroatoms. The third kappa shape index (κ3) is 7.55. The number of hydrogen-bond donors (Lipinski definition) is 3. The van der Waals surface area contributed by atoms with Crippen LogP contribution in [0.25, 0.3) is 0 Å². The van der Waals surface area contributed by atoms with Crippen LogP contribution in [0.3, 0.4) is 0 Å². The summed E-state index contributed by atoms with van der Waals surface area (Å²) in [6, 6.07) is 4.69. The molecule has 3 rings (SSSR count). The van der Waals surface area contributed by atoms with Gasteiger partial charge in [-0.1, -0.05) is 55.8 Å². The molecule has 3 atom stereocenters. The van der Waals surface area contributed by atoms with Crippen molar-refractivity contribution in [3.63, 3.8) is 0 Å². The lowest BCUT2D eigenvalue weighted by molar-refractivity contribution is -0.126. The Morgan fingerprint density at radius 1 is 1.24 bits per heavy atom. The molecule has 0 unspecified atom stereocenters. The van der Waals surface area contributed by atoms with Gasteiger partial charge in [0.25, 0.3) is 0 Å². The molecule has 1 saturated carbocycles. The minimum absolute atomic E-state index is 0.00629. The van der Waals surface area contributed by atoms with Gasteiger partial charge in [-0.3, -0.25) is 4.79 Å². The number of urea groups is 1. The maximum absolute atomic E-state index is 14.8. The van der Waals surface area contributed by atoms with E-state index >= 15 is 0 Å². The summed E-state index contributed by atoms with van der Waals surface area (Å²) in [5, 5.41) is 6.41. The first-order valence-electron chi connectivity index (χ1n) is 12.4. The van der Waals surface area contributed by atoms with Crippen molar-refractivity contribution in [2.75, 3.05) is 33.3 Å². The van der Waals surface area contributed by atoms with Crippen molar-refractivity contribution in [2.45, 2.75) is 63.5 Å². The zero-order valence-electron chi connectivity index (χ0n) is 20.0. The van der Waals surface area contributed by atoms with Gasteiger partial charge in [-0.25, -0.2) is 9.18 Å². The standard InChI is InChI=1S/C25H38ClFN4O3/c1-29-14-19(13-17-7-3-2-4-8-17)30-25(33)31-12-6-9-18(15-31)24(34-16-22(28)32)20-10-5-11-21(26)23(20)27/h5,10-11,17-19,24,29H,2-4,6-9,12-16H2,1H3,(H2,28,32)(H,30,33)/t18-,19+,24+/m1/s1. The number of nitrogens with two attached hydrogens (primary N) is 1. The molecule has 1 aliphatic carbocycles. The summed E-state index contributed by atoms with van der Waals surface area (Å²) in [6.45, 7) is 1.41. The van der Waals surface area contributed by atoms with Gasteiger partial charge in [0.15, 0.2) is 0 Å². The number of likely N-dealkylation sites (tertiary alicyclic amines) is 1. The fraction of sp³-hybridized carbons (Fsp3) is 0.680. The molecule has 4 N–H and O–H groups in total. The molecule has 2 aliphatic rings. The summed E-state index contributed by atoms with van der Waals surface area (Å²) in [7, 11) is 1.90. The monoisotopic (exact) mass is 496 g/mol. The number of ether oxygens (including phenoxy) is 1. The van der Waals surface area contributed by atoms with E-state index in [4.69, 9.17) is 22.1 Å². The second kappa shape index (κ2) is 13.3. The fourth-order valence-electron chi connectivity index (χ4n) is 5.36. The van der Waals surface area contributed by atoms with E-state index in [1.807, 2.05) is 7.05 Å². The van der Waals surface area contributed by atoms with E-state index in [2.05, 4.69) is 10.6 Å². The summed E-state index contributed by atoms with van der Waals surface area (Å²) in [4.78, 5) is 26.4. The van der Waals surface area contributed by atoms with Gasteiger partial charge >= 0.3 is 6.03 Å². The highest BCUT2D eigenvalue weighted by molar-refractivity contribution is 6.30. The Morgan fingerprint density at radius 2 is 2.00 bits per heavy atom. The van der Waals surface area contributed by atoms with Crippen molar-refractivity contribution >= 4 is 23.5 Å². The van der Waals surface area contributed by atoms with Crippen LogP contribution in [0.4, 0.5) is 9.18 Å². The topological polar surface area (TPSA) is 96.7 Å². The molecule has 0 radical (unpaired) electrons. The summed E-state index contributed by atoms with van der Waals surface area (Å²) in [5.74, 6) is -0.732. The number of carbonyl (C=O) groups is 2. The van der Waals surface area contributed by atoms with Crippen molar-refractivity contribution in [3.8, 4) is 0 Å². The lowest BCUT2D eigenvalue weighted by atomic mass is 9.85. The lowest BCUT2D eigenvalue weighted by Crippen LogP contribution is -2.52. The van der Waals surface area contributed by atoms with Gasteiger partial charge in [0.2, 0.25) is 5.91 Å². The first kappa shape index (κ1) is 26.7. The summed E-state index contributed by atoms with van der Waals surface area (Å²) < 4.78 is 20.6. The first-order chi connectivity index (χ1) is 16.4. The predicted molar refractivity (Wildman–Crippen MR) is 131 cm³/mol. The molecular formula is C25H38ClFN4O3. The number of primary amides is 1. The highest BCUT2D eigenvalue weighted by Crippen LogP contribution is 2.36. The van der Waals surface area contributed by atoms with E-state index in [0.717, 1.165) is 25.8 Å². The minimum Gasteiger partial charge on any atom is -0.368 e. The normalized spacial score (nSPS) is 21.1. The van der Waals surface area contributed by atoms with E-state index in [9.17, 15) is 14.0 Å². The van der Waals surface area contributed by atoms with Crippen molar-refractivity contribution in [3.05, 3.63) is 34.6 Å². The van der Waals surface area contributed by atoms with E-state index in [1.165, 1.54) is 38.2 Å². The number of hydrogen-bond acceptors (Lipinski definition) is 4. The number of rotatable bonds is 10. The predicted octanol–water partition coefficient (Wildman–Crippen LogP) is 4.00. The van der Waals surface area contributed by atoms with Crippen LogP contribution in [-0.4, -0.2) is 56.2 Å². The van der Waals surface area contributed by atoms with E-state index in [1.54, 1.807) is 17.0 Å². The molecule has 1 heterocycles. The van der Waals surface area contributed by atoms with Gasteiger partial charge in [-0.05, 0) is 38.3 Å². The molecule has 190 valence electrons. The van der Waals surface area contributed by atoms with Gasteiger partial charge in [0, 0.05) is 37.2 Å². The molecule has 7 nitrogen and oxygen atoms in total. The molecule has 2 fully saturated rings. The minimum atomic E-state index is -0.725. The quantitative estimate of drug-likeness (QED) is 0.456. The number of nitrogens with zero attached hydrogens (tertiary/aromatic N) is 1. The Morgan fingerprint density at radius 3 is 2.71 bits per heavy atom. The van der Waals surface area contributed by atoms with Crippen LogP contribution < -0.4 is 16.4 Å². The van der Waals surface area contributed by atoms with Gasteiger partial charge in [0.05, 0.1) is 11.1 Å². The third-order valence-electron chi connectivity index (χ3n) is 6.99. The number of nitrogens with one attached hydrogen (secondary N) is 2. The van der Waals surface area contributed by atoms with E-state index < -0.39 is 17.8 Å². The number of piperidine rings is 1. The van der Waals surface area contributed by atoms with Crippen LogP contribution in [0.15, 0.2) is 18.2 Å². The summed E-state index contributed by atoms with van der Waals surface area (Å²) >= 11 is 6.00. The van der Waals surface area contributed by atoms with Crippen LogP contribution >= 0.6 is 11.6 Å². The van der Waals surface area contributed by atoms with Gasteiger partial charge < -0.3 is 26.0 Å². The molecule has 0 bridgehead atoms. The number of amides is 3. The van der Waals surface area contributed by atoms with Crippen LogP contribution in [0.5, 0.6) is 0 Å². The molecule has 1 aromatic rings. The number of carbonyl (C=O) groups excluding carboxylic acids is 2. The molecule has 1 saturated heterocycles. The third-order valence-corrected chi connectivity index (χ3v) is 7.28. The van der Waals surface area contributed by atoms with Gasteiger partial charge in [-0.2, -0.15) is 0 Å². The zero-order valence-corrected chi connectivity index (χ0v) is 20.8. The molecular weight excluding hydrogens is 459 g/mol. The van der Waals surface area contributed by atoms with E-state index in [-0.39, 0.29) is 35.2 Å². The largest absolute Gasteiger partial charge is 0.368 e. The fourth-order valence-corrected chi connectivity index (χ4v) is 5.55. The van der Waals surface area contributed by atoms with Crippen molar-refractivity contribution in [2.24, 2.45) is 17.6 Å². The van der Waals surface area contributed by atoms with Gasteiger partial charge in [0.1, 0.15) is 12.4 Å². The maximum Gasteiger partial charge on any atom is 0.317 e. The second-order valence-electron chi connectivity index (χ2n) is 9.63. The van der Waals surface area contributed by atoms with E-state index in [0.29, 0.717) is 19.0 Å². The van der Waals surface area contributed by atoms with Crippen molar-refractivity contribution < 1.29 is 18.7 Å². The molecule has 0 aromatic heterocycles. The lowest BCUT2D eigenvalue weighted by Gasteiger charge is -2.38. The van der Waals surface area contributed by atoms with Crippen molar-refractivity contribution in [1.29, 1.82) is 0 Å². The second-order valence-corrected chi connectivity index (χ2v) is 10.0. The number of likely N-dealkylation sites (N-methyl/N-ethyl adjacent to an activating group) is 1. The molecule has 0 spiro atoms. The maximum atomic E-state index is 14.8. The highest BCUT2D eigenvalue weighted by Gasteiger charge is 2.34. The Balaban J connectivity index is 1.68. The first-order valence-corrected chi connectivity index (χ1v) is 12.8. The average molecular weight is 497 g/mol. The molecule has 1 aliphatic heterocycles. The average Bonchev–Trinajstić information content (AvgIpc) is 2.82. The molecule has 3 amide bonds. The number of halogens is 2. The van der Waals surface area contributed by atoms with Crippen molar-refractivity contribution in [1.82, 2.24) is 15.5 Å². The Hall–Kier alpha value is -1.90. The zero-order chi connectivity index (χ0) is 24.5. The smallest absolute Gasteiger partial charge is 0.317 e. The Labute approximate surface area is 206 Å².